The van der Waals surface area contributed by atoms with Gasteiger partial charge in [0.05, 0.1) is 17.0 Å². The Kier molecular flexibility index (Phi) is 6.38. The fraction of sp³-hybridized carbons (Fsp3) is 0.172. The zero-order valence-electron chi connectivity index (χ0n) is 21.3. The minimum Gasteiger partial charge on any atom is -0.345 e. The number of carbonyl (C=O) groups is 1. The van der Waals surface area contributed by atoms with Gasteiger partial charge in [-0.25, -0.2) is 32.2 Å². The van der Waals surface area contributed by atoms with E-state index in [9.17, 15) is 17.6 Å². The van der Waals surface area contributed by atoms with Gasteiger partial charge in [0.1, 0.15) is 17.3 Å². The van der Waals surface area contributed by atoms with Crippen molar-refractivity contribution in [1.29, 1.82) is 0 Å². The van der Waals surface area contributed by atoms with Gasteiger partial charge in [-0.2, -0.15) is 0 Å². The monoisotopic (exact) mass is 559 g/mol. The molecule has 2 aromatic carbocycles. The quantitative estimate of drug-likeness (QED) is 0.256. The van der Waals surface area contributed by atoms with Crippen molar-refractivity contribution >= 4 is 32.5 Å². The maximum atomic E-state index is 15.7. The van der Waals surface area contributed by atoms with Gasteiger partial charge >= 0.3 is 0 Å². The van der Waals surface area contributed by atoms with Crippen molar-refractivity contribution in [2.75, 3.05) is 11.4 Å². The van der Waals surface area contributed by atoms with Gasteiger partial charge in [-0.3, -0.25) is 9.10 Å². The van der Waals surface area contributed by atoms with Crippen molar-refractivity contribution in [1.82, 2.24) is 19.9 Å². The Hall–Kier alpha value is -4.51. The number of ketones is 1. The van der Waals surface area contributed by atoms with E-state index in [2.05, 4.69) is 19.9 Å². The fourth-order valence-electron chi connectivity index (χ4n) is 4.55. The number of nitrogens with one attached hydrogen (secondary N) is 1. The summed E-state index contributed by atoms with van der Waals surface area (Å²) in [5.74, 6) is -2.54. The molecule has 1 aliphatic carbocycles. The van der Waals surface area contributed by atoms with Crippen molar-refractivity contribution in [2.24, 2.45) is 0 Å². The number of hydrogen-bond donors (Lipinski definition) is 1. The summed E-state index contributed by atoms with van der Waals surface area (Å²) in [6.07, 6.45) is 8.45. The number of H-pyrrole nitrogens is 1. The van der Waals surface area contributed by atoms with Crippen LogP contribution in [0, 0.1) is 11.6 Å². The molecule has 11 heteroatoms. The van der Waals surface area contributed by atoms with Crippen LogP contribution in [0.5, 0.6) is 0 Å². The van der Waals surface area contributed by atoms with E-state index < -0.39 is 44.4 Å². The van der Waals surface area contributed by atoms with Crippen LogP contribution in [0.4, 0.5) is 14.5 Å². The van der Waals surface area contributed by atoms with Gasteiger partial charge in [-0.1, -0.05) is 30.3 Å². The lowest BCUT2D eigenvalue weighted by Crippen LogP contribution is -2.29. The largest absolute Gasteiger partial charge is 0.345 e. The van der Waals surface area contributed by atoms with E-state index in [1.807, 2.05) is 0 Å². The highest BCUT2D eigenvalue weighted by atomic mass is 32.2. The Morgan fingerprint density at radius 3 is 2.40 bits per heavy atom. The molecule has 0 amide bonds. The summed E-state index contributed by atoms with van der Waals surface area (Å²) in [7, 11) is -2.87. The first-order valence-corrected chi connectivity index (χ1v) is 14.2. The summed E-state index contributed by atoms with van der Waals surface area (Å²) in [5.41, 5.74) is 0.859. The second kappa shape index (κ2) is 9.91. The second-order valence-electron chi connectivity index (χ2n) is 9.72. The fourth-order valence-corrected chi connectivity index (χ4v) is 5.80. The van der Waals surface area contributed by atoms with Crippen LogP contribution in [0.2, 0.25) is 0 Å². The zero-order valence-corrected chi connectivity index (χ0v) is 22.1. The highest BCUT2D eigenvalue weighted by molar-refractivity contribution is 7.92. The Morgan fingerprint density at radius 2 is 1.70 bits per heavy atom. The van der Waals surface area contributed by atoms with E-state index >= 15 is 4.39 Å². The normalized spacial score (nSPS) is 13.5. The molecule has 0 spiro atoms. The maximum absolute atomic E-state index is 15.7. The van der Waals surface area contributed by atoms with Gasteiger partial charge < -0.3 is 4.98 Å². The lowest BCUT2D eigenvalue weighted by atomic mass is 10.00. The first-order chi connectivity index (χ1) is 19.2. The van der Waals surface area contributed by atoms with Gasteiger partial charge in [0.2, 0.25) is 15.8 Å². The van der Waals surface area contributed by atoms with E-state index in [0.717, 1.165) is 35.1 Å². The van der Waals surface area contributed by atoms with Gasteiger partial charge in [-0.05, 0) is 36.6 Å². The van der Waals surface area contributed by atoms with Crippen molar-refractivity contribution in [3.63, 3.8) is 0 Å². The highest BCUT2D eigenvalue weighted by Gasteiger charge is 2.29. The number of aromatic amines is 1. The number of hydrogen-bond acceptors (Lipinski definition) is 6. The number of fused-ring (bicyclic) bond motifs is 1. The summed E-state index contributed by atoms with van der Waals surface area (Å²) in [5, 5.41) is 0.350. The Bertz CT molecular complexity index is 1850. The zero-order chi connectivity index (χ0) is 28.0. The molecule has 40 heavy (non-hydrogen) atoms. The molecule has 8 nitrogen and oxygen atoms in total. The van der Waals surface area contributed by atoms with Gasteiger partial charge in [-0.15, -0.1) is 0 Å². The molecule has 0 saturated heterocycles. The first-order valence-electron chi connectivity index (χ1n) is 12.6. The number of anilines is 1. The van der Waals surface area contributed by atoms with E-state index in [4.69, 9.17) is 0 Å². The van der Waals surface area contributed by atoms with Crippen molar-refractivity contribution < 1.29 is 22.0 Å². The molecular weight excluding hydrogens is 536 g/mol. The molecule has 0 aliphatic heterocycles. The molecule has 5 aromatic rings. The topological polar surface area (TPSA) is 109 Å². The molecular formula is C29H23F2N5O3S. The minimum absolute atomic E-state index is 0.00962. The molecule has 0 bridgehead atoms. The molecule has 202 valence electrons. The summed E-state index contributed by atoms with van der Waals surface area (Å²) in [4.78, 5) is 29.6. The molecule has 1 aliphatic rings. The standard InChI is InChI=1S/C29H23F2N5O3S/c1-36(40(38,39)16-17-5-3-2-4-6-17)24-10-9-23(30)25(26(24)31)27(37)22-15-35-29-21(22)11-19(12-34-29)20-13-32-28(33-14-20)18-7-8-18/h2-6,9-15,18H,7-8,16H2,1H3,(H,34,35). The van der Waals surface area contributed by atoms with E-state index in [-0.39, 0.29) is 5.56 Å². The number of nitrogens with zero attached hydrogens (tertiary/aromatic N) is 4. The minimum atomic E-state index is -4.04. The average molecular weight is 560 g/mol. The van der Waals surface area contributed by atoms with Crippen molar-refractivity contribution in [3.05, 3.63) is 107 Å². The molecule has 6 rings (SSSR count). The lowest BCUT2D eigenvalue weighted by Gasteiger charge is -2.21. The smallest absolute Gasteiger partial charge is 0.239 e. The number of carbonyl (C=O) groups excluding carboxylic acids is 1. The molecule has 3 heterocycles. The molecule has 1 N–H and O–H groups in total. The summed E-state index contributed by atoms with van der Waals surface area (Å²) in [6, 6.07) is 12.0. The lowest BCUT2D eigenvalue weighted by molar-refractivity contribution is 0.103. The number of rotatable bonds is 8. The predicted octanol–water partition coefficient (Wildman–Crippen LogP) is 5.37. The number of halogens is 2. The predicted molar refractivity (Wildman–Crippen MR) is 146 cm³/mol. The van der Waals surface area contributed by atoms with E-state index in [1.54, 1.807) is 55.0 Å². The molecule has 0 unspecified atom stereocenters. The molecule has 1 saturated carbocycles. The third kappa shape index (κ3) is 4.73. The van der Waals surface area contributed by atoms with Crippen molar-refractivity contribution in [2.45, 2.75) is 24.5 Å². The molecule has 0 atom stereocenters. The Labute approximate surface area is 228 Å². The first kappa shape index (κ1) is 25.8. The van der Waals surface area contributed by atoms with Gasteiger partial charge in [0, 0.05) is 59.8 Å². The van der Waals surface area contributed by atoms with Crippen LogP contribution in [0.3, 0.4) is 0 Å². The summed E-state index contributed by atoms with van der Waals surface area (Å²) < 4.78 is 57.5. The van der Waals surface area contributed by atoms with Crippen LogP contribution in [-0.4, -0.2) is 41.2 Å². The molecule has 0 radical (unpaired) electrons. The van der Waals surface area contributed by atoms with Gasteiger partial charge in [0.15, 0.2) is 5.82 Å². The van der Waals surface area contributed by atoms with Crippen LogP contribution < -0.4 is 4.31 Å². The molecule has 3 aromatic heterocycles. The van der Waals surface area contributed by atoms with Crippen LogP contribution in [-0.2, 0) is 15.8 Å². The molecule has 1 fully saturated rings. The highest BCUT2D eigenvalue weighted by Crippen LogP contribution is 2.38. The van der Waals surface area contributed by atoms with Crippen LogP contribution in [0.25, 0.3) is 22.2 Å². The number of pyridine rings is 1. The van der Waals surface area contributed by atoms with Crippen LogP contribution in [0.1, 0.15) is 46.1 Å². The average Bonchev–Trinajstić information content (AvgIpc) is 3.72. The van der Waals surface area contributed by atoms with Crippen molar-refractivity contribution in [3.8, 4) is 11.1 Å². The van der Waals surface area contributed by atoms with Gasteiger partial charge in [0.25, 0.3) is 0 Å². The number of sulfonamides is 1. The van der Waals surface area contributed by atoms with E-state index in [0.29, 0.717) is 33.6 Å². The number of benzene rings is 2. The Morgan fingerprint density at radius 1 is 1.00 bits per heavy atom. The summed E-state index contributed by atoms with van der Waals surface area (Å²) in [6.45, 7) is 0. The third-order valence-electron chi connectivity index (χ3n) is 6.97. The SMILES string of the molecule is CN(c1ccc(F)c(C(=O)c2c[nH]c3ncc(-c4cnc(C5CC5)nc4)cc23)c1F)S(=O)(=O)Cc1ccccc1. The van der Waals surface area contributed by atoms with Crippen LogP contribution >= 0.6 is 0 Å². The van der Waals surface area contributed by atoms with E-state index in [1.165, 1.54) is 13.2 Å². The van der Waals surface area contributed by atoms with Crippen LogP contribution in [0.15, 0.2) is 73.3 Å². The Balaban J connectivity index is 1.35. The second-order valence-corrected chi connectivity index (χ2v) is 11.7. The third-order valence-corrected chi connectivity index (χ3v) is 8.70. The maximum Gasteiger partial charge on any atom is 0.239 e. The summed E-state index contributed by atoms with van der Waals surface area (Å²) >= 11 is 0. The number of aromatic nitrogens is 4.